The van der Waals surface area contributed by atoms with E-state index in [4.69, 9.17) is 17.0 Å². The Morgan fingerprint density at radius 1 is 1.88 bits per heavy atom. The molecule has 0 aromatic carbocycles. The summed E-state index contributed by atoms with van der Waals surface area (Å²) in [6.07, 6.45) is 2.80. The lowest BCUT2D eigenvalue weighted by Gasteiger charge is -1.69. The Kier molecular flexibility index (Phi) is 1.60. The summed E-state index contributed by atoms with van der Waals surface area (Å²) in [5.74, 6) is 0. The summed E-state index contributed by atoms with van der Waals surface area (Å²) in [6, 6.07) is 0. The van der Waals surface area contributed by atoms with Gasteiger partial charge in [-0.3, -0.25) is 0 Å². The summed E-state index contributed by atoms with van der Waals surface area (Å²) in [7, 11) is 0. The highest BCUT2D eigenvalue weighted by Gasteiger charge is 1.91. The van der Waals surface area contributed by atoms with Crippen molar-refractivity contribution in [2.24, 2.45) is 0 Å². The second-order valence-corrected chi connectivity index (χ2v) is 2.80. The number of nitrogens with one attached hydrogen (secondary N) is 1. The Balaban J connectivity index is 3.00. The van der Waals surface area contributed by atoms with Crippen molar-refractivity contribution in [3.63, 3.8) is 0 Å². The molecule has 0 unspecified atom stereocenters. The first-order valence-electron chi connectivity index (χ1n) is 1.95. The summed E-state index contributed by atoms with van der Waals surface area (Å²) in [5, 5.41) is 6.74. The molecule has 0 saturated carbocycles. The van der Waals surface area contributed by atoms with Crippen LogP contribution < -0.4 is 0 Å². The van der Waals surface area contributed by atoms with E-state index in [1.165, 1.54) is 17.6 Å². The summed E-state index contributed by atoms with van der Waals surface area (Å²) in [4.78, 5) is 4.51. The zero-order chi connectivity index (χ0) is 5.98. The van der Waals surface area contributed by atoms with Crippen molar-refractivity contribution in [2.75, 3.05) is 0 Å². The molecule has 0 amide bonds. The molecule has 0 aliphatic heterocycles. The third-order valence-corrected chi connectivity index (χ3v) is 1.70. The van der Waals surface area contributed by atoms with Crippen molar-refractivity contribution >= 4 is 29.2 Å². The molecule has 0 fully saturated rings. The van der Waals surface area contributed by atoms with Gasteiger partial charge in [-0.25, -0.2) is 4.98 Å². The van der Waals surface area contributed by atoms with Crippen LogP contribution in [-0.4, -0.2) is 11.2 Å². The Morgan fingerprint density at radius 2 is 2.62 bits per heavy atom. The van der Waals surface area contributed by atoms with Gasteiger partial charge in [0.05, 0.1) is 4.88 Å². The largest absolute Gasteiger partial charge is 0.307 e. The minimum absolute atomic E-state index is 0.489. The predicted octanol–water partition coefficient (Wildman–Crippen LogP) is 1.79. The molecule has 0 aliphatic rings. The van der Waals surface area contributed by atoms with E-state index in [9.17, 15) is 0 Å². The lowest BCUT2D eigenvalue weighted by atomic mass is 10.6. The van der Waals surface area contributed by atoms with Gasteiger partial charge < -0.3 is 5.41 Å². The minimum Gasteiger partial charge on any atom is -0.307 e. The van der Waals surface area contributed by atoms with Crippen LogP contribution in [0.4, 0.5) is 0 Å². The zero-order valence-corrected chi connectivity index (χ0v) is 5.46. The molecule has 42 valence electrons. The molecule has 1 N–H and O–H groups in total. The second kappa shape index (κ2) is 2.24. The van der Waals surface area contributed by atoms with Crippen molar-refractivity contribution in [3.05, 3.63) is 15.5 Å². The quantitative estimate of drug-likeness (QED) is 0.603. The molecule has 1 aromatic heterocycles. The van der Waals surface area contributed by atoms with Crippen LogP contribution >= 0.6 is 22.9 Å². The molecule has 0 saturated heterocycles. The van der Waals surface area contributed by atoms with Gasteiger partial charge in [-0.05, 0) is 0 Å². The lowest BCUT2D eigenvalue weighted by Crippen LogP contribution is -1.63. The molecule has 8 heavy (non-hydrogen) atoms. The van der Waals surface area contributed by atoms with Crippen molar-refractivity contribution in [1.82, 2.24) is 4.98 Å². The SMILES string of the molecule is N=Cc1cnc(Cl)s1. The van der Waals surface area contributed by atoms with Gasteiger partial charge in [-0.1, -0.05) is 11.6 Å². The van der Waals surface area contributed by atoms with Crippen LogP contribution in [-0.2, 0) is 0 Å². The highest BCUT2D eigenvalue weighted by atomic mass is 35.5. The molecular formula is C4H3ClN2S. The number of thiazole rings is 1. The van der Waals surface area contributed by atoms with Gasteiger partial charge in [0.25, 0.3) is 0 Å². The molecule has 0 bridgehead atoms. The maximum absolute atomic E-state index is 6.74. The molecule has 4 heteroatoms. The first-order valence-corrected chi connectivity index (χ1v) is 3.14. The van der Waals surface area contributed by atoms with E-state index in [0.29, 0.717) is 4.47 Å². The van der Waals surface area contributed by atoms with E-state index >= 15 is 0 Å². The maximum atomic E-state index is 6.74. The van der Waals surface area contributed by atoms with E-state index in [1.54, 1.807) is 6.20 Å². The summed E-state index contributed by atoms with van der Waals surface area (Å²) >= 11 is 6.74. The molecule has 0 radical (unpaired) electrons. The van der Waals surface area contributed by atoms with Crippen LogP contribution in [0, 0.1) is 5.41 Å². The van der Waals surface area contributed by atoms with Crippen molar-refractivity contribution in [1.29, 1.82) is 5.41 Å². The van der Waals surface area contributed by atoms with Crippen LogP contribution in [0.25, 0.3) is 0 Å². The number of rotatable bonds is 1. The number of hydrogen-bond acceptors (Lipinski definition) is 3. The van der Waals surface area contributed by atoms with E-state index < -0.39 is 0 Å². The van der Waals surface area contributed by atoms with E-state index in [2.05, 4.69) is 4.98 Å². The Bertz CT molecular complexity index is 196. The van der Waals surface area contributed by atoms with Crippen molar-refractivity contribution in [3.8, 4) is 0 Å². The van der Waals surface area contributed by atoms with Crippen molar-refractivity contribution < 1.29 is 0 Å². The maximum Gasteiger partial charge on any atom is 0.184 e. The molecule has 1 heterocycles. The normalized spacial score (nSPS) is 9.12. The summed E-state index contributed by atoms with van der Waals surface area (Å²) < 4.78 is 0.489. The molecular weight excluding hydrogens is 144 g/mol. The molecule has 2 nitrogen and oxygen atoms in total. The minimum atomic E-state index is 0.489. The number of halogens is 1. The average molecular weight is 147 g/mol. The lowest BCUT2D eigenvalue weighted by molar-refractivity contribution is 1.42. The third-order valence-electron chi connectivity index (χ3n) is 0.638. The Morgan fingerprint density at radius 3 is 2.88 bits per heavy atom. The Labute approximate surface area is 55.6 Å². The summed E-state index contributed by atoms with van der Waals surface area (Å²) in [6.45, 7) is 0. The summed E-state index contributed by atoms with van der Waals surface area (Å²) in [5.41, 5.74) is 0. The first kappa shape index (κ1) is 5.72. The van der Waals surface area contributed by atoms with Gasteiger partial charge >= 0.3 is 0 Å². The first-order chi connectivity index (χ1) is 3.83. The highest BCUT2D eigenvalue weighted by molar-refractivity contribution is 7.17. The van der Waals surface area contributed by atoms with E-state index in [1.807, 2.05) is 0 Å². The standard InChI is InChI=1S/C4H3ClN2S/c5-4-7-2-3(1-6)8-4/h1-2,6H. The third kappa shape index (κ3) is 1.05. The Hall–Kier alpha value is -0.410. The fourth-order valence-electron chi connectivity index (χ4n) is 0.331. The van der Waals surface area contributed by atoms with Gasteiger partial charge in [0.15, 0.2) is 4.47 Å². The van der Waals surface area contributed by atoms with E-state index in [0.717, 1.165) is 4.88 Å². The van der Waals surface area contributed by atoms with Gasteiger partial charge in [0.1, 0.15) is 0 Å². The van der Waals surface area contributed by atoms with E-state index in [-0.39, 0.29) is 0 Å². The van der Waals surface area contributed by atoms with Crippen LogP contribution in [0.2, 0.25) is 4.47 Å². The predicted molar refractivity (Wildman–Crippen MR) is 35.0 cm³/mol. The van der Waals surface area contributed by atoms with Crippen LogP contribution in [0.3, 0.4) is 0 Å². The van der Waals surface area contributed by atoms with Gasteiger partial charge in [-0.15, -0.1) is 11.3 Å². The van der Waals surface area contributed by atoms with Gasteiger partial charge in [0.2, 0.25) is 0 Å². The average Bonchev–Trinajstić information content (AvgIpc) is 2.14. The van der Waals surface area contributed by atoms with Gasteiger partial charge in [-0.2, -0.15) is 0 Å². The number of nitrogens with zero attached hydrogens (tertiary/aromatic N) is 1. The zero-order valence-electron chi connectivity index (χ0n) is 3.89. The second-order valence-electron chi connectivity index (χ2n) is 1.16. The molecule has 0 spiro atoms. The molecule has 1 aromatic rings. The van der Waals surface area contributed by atoms with Crippen LogP contribution in [0.1, 0.15) is 4.88 Å². The fraction of sp³-hybridized carbons (Fsp3) is 0. The van der Waals surface area contributed by atoms with Gasteiger partial charge in [0, 0.05) is 12.4 Å². The number of hydrogen-bond donors (Lipinski definition) is 1. The molecule has 1 rings (SSSR count). The van der Waals surface area contributed by atoms with Crippen molar-refractivity contribution in [2.45, 2.75) is 0 Å². The monoisotopic (exact) mass is 146 g/mol. The fourth-order valence-corrected chi connectivity index (χ4v) is 1.11. The van der Waals surface area contributed by atoms with Crippen LogP contribution in [0.5, 0.6) is 0 Å². The highest BCUT2D eigenvalue weighted by Crippen LogP contribution is 2.14. The van der Waals surface area contributed by atoms with Crippen LogP contribution in [0.15, 0.2) is 6.20 Å². The smallest absolute Gasteiger partial charge is 0.184 e. The number of aromatic nitrogens is 1. The molecule has 0 atom stereocenters. The topological polar surface area (TPSA) is 36.7 Å². The molecule has 0 aliphatic carbocycles.